The Hall–Kier alpha value is -4.72. The lowest BCUT2D eigenvalue weighted by molar-refractivity contribution is 0.0169. The van der Waals surface area contributed by atoms with Crippen LogP contribution >= 0.6 is 39.1 Å². The number of halogens is 6. The number of aliphatic hydroxyl groups excluding tert-OH is 1. The maximum absolute atomic E-state index is 15.1. The molecule has 3 heterocycles. The number of amides is 1. The van der Waals surface area contributed by atoms with E-state index in [1.165, 1.54) is 30.9 Å². The van der Waals surface area contributed by atoms with Crippen LogP contribution in [0.25, 0.3) is 22.1 Å². The van der Waals surface area contributed by atoms with Crippen molar-refractivity contribution in [1.29, 1.82) is 0 Å². The van der Waals surface area contributed by atoms with Crippen LogP contribution in [-0.4, -0.2) is 63.7 Å². The number of benzene rings is 3. The minimum absolute atomic E-state index is 0.000486. The fourth-order valence-electron chi connectivity index (χ4n) is 5.10. The molecule has 0 aliphatic rings. The number of hydrogen-bond acceptors (Lipinski definition) is 9. The molecule has 0 fully saturated rings. The monoisotopic (exact) mass is 869 g/mol. The second kappa shape index (κ2) is 17.2. The van der Waals surface area contributed by atoms with E-state index in [1.54, 1.807) is 36.7 Å². The van der Waals surface area contributed by atoms with Crippen molar-refractivity contribution in [3.63, 3.8) is 0 Å². The van der Waals surface area contributed by atoms with Gasteiger partial charge in [-0.3, -0.25) is 19.1 Å². The first-order valence-corrected chi connectivity index (χ1v) is 18.9. The Morgan fingerprint density at radius 2 is 1.78 bits per heavy atom. The lowest BCUT2D eigenvalue weighted by Crippen LogP contribution is -2.26. The molecule has 54 heavy (non-hydrogen) atoms. The molecule has 5 N–H and O–H groups in total. The Kier molecular flexibility index (Phi) is 12.9. The van der Waals surface area contributed by atoms with E-state index in [9.17, 15) is 26.8 Å². The lowest BCUT2D eigenvalue weighted by atomic mass is 10.0. The van der Waals surface area contributed by atoms with E-state index in [4.69, 9.17) is 33.1 Å². The number of aromatic nitrogens is 4. The summed E-state index contributed by atoms with van der Waals surface area (Å²) >= 11 is 15.4. The van der Waals surface area contributed by atoms with Gasteiger partial charge >= 0.3 is 0 Å². The van der Waals surface area contributed by atoms with E-state index < -0.39 is 50.4 Å². The number of rotatable bonds is 12. The molecule has 0 aliphatic heterocycles. The predicted molar refractivity (Wildman–Crippen MR) is 202 cm³/mol. The van der Waals surface area contributed by atoms with Crippen LogP contribution in [0.3, 0.4) is 0 Å². The summed E-state index contributed by atoms with van der Waals surface area (Å²) in [5.74, 6) is -4.97. The van der Waals surface area contributed by atoms with Crippen molar-refractivity contribution in [1.82, 2.24) is 25.0 Å². The number of carbonyl (C=O) groups excluding carboxylic acids is 2. The molecule has 20 heteroatoms. The molecule has 0 saturated heterocycles. The van der Waals surface area contributed by atoms with Gasteiger partial charge in [-0.05, 0) is 48.9 Å². The number of nitrogens with zero attached hydrogens (tertiary/aromatic N) is 3. The van der Waals surface area contributed by atoms with Crippen molar-refractivity contribution in [3.8, 4) is 0 Å². The van der Waals surface area contributed by atoms with Gasteiger partial charge in [-0.1, -0.05) is 46.1 Å². The number of nitrogens with one attached hydrogen (secondary N) is 4. The minimum Gasteiger partial charge on any atom is -0.394 e. The number of hydroxylamine groups is 1. The van der Waals surface area contributed by atoms with E-state index >= 15 is 4.39 Å². The Labute approximate surface area is 324 Å². The Morgan fingerprint density at radius 3 is 2.48 bits per heavy atom. The summed E-state index contributed by atoms with van der Waals surface area (Å²) in [6.45, 7) is 1.28. The highest BCUT2D eigenvalue weighted by molar-refractivity contribution is 9.10. The van der Waals surface area contributed by atoms with Crippen LogP contribution < -0.4 is 15.5 Å². The van der Waals surface area contributed by atoms with Crippen molar-refractivity contribution in [3.05, 3.63) is 110 Å². The maximum Gasteiger partial charge on any atom is 0.277 e. The second-order valence-corrected chi connectivity index (χ2v) is 15.0. The van der Waals surface area contributed by atoms with Gasteiger partial charge < -0.3 is 20.0 Å². The molecule has 284 valence electrons. The van der Waals surface area contributed by atoms with Gasteiger partial charge in [0.05, 0.1) is 69.0 Å². The van der Waals surface area contributed by atoms with Gasteiger partial charge in [0.15, 0.2) is 11.6 Å². The number of imidazole rings is 1. The van der Waals surface area contributed by atoms with Crippen LogP contribution in [0.15, 0.2) is 65.7 Å². The number of carbonyl (C=O) groups is 2. The molecule has 3 aromatic heterocycles. The smallest absolute Gasteiger partial charge is 0.277 e. The Bertz CT molecular complexity index is 2500. The summed E-state index contributed by atoms with van der Waals surface area (Å²) in [5, 5.41) is 12.5. The van der Waals surface area contributed by atoms with Gasteiger partial charge in [0.25, 0.3) is 5.91 Å². The molecule has 13 nitrogen and oxygen atoms in total. The van der Waals surface area contributed by atoms with Crippen LogP contribution in [0.5, 0.6) is 0 Å². The average Bonchev–Trinajstić information content (AvgIpc) is 3.71. The SMILES string of the molecule is CCCS(=O)(=O)Nc1ccc(F)c(C(=O)c2c[nH]c3ncc(Cl)cc23)c1F.Cn1cnc2c(F)c(Nc3ccc(Br)cc3Cl)c(C(=O)NOCCO)cc21. The minimum atomic E-state index is -3.81. The van der Waals surface area contributed by atoms with Gasteiger partial charge in [-0.2, -0.15) is 0 Å². The second-order valence-electron chi connectivity index (χ2n) is 11.4. The Morgan fingerprint density at radius 1 is 1.04 bits per heavy atom. The largest absolute Gasteiger partial charge is 0.394 e. The first-order valence-electron chi connectivity index (χ1n) is 15.7. The van der Waals surface area contributed by atoms with Gasteiger partial charge in [0.2, 0.25) is 15.8 Å². The molecule has 0 aliphatic carbocycles. The highest BCUT2D eigenvalue weighted by Crippen LogP contribution is 2.34. The van der Waals surface area contributed by atoms with E-state index in [-0.39, 0.29) is 46.3 Å². The normalized spacial score (nSPS) is 11.4. The molecule has 0 atom stereocenters. The number of anilines is 3. The molecule has 0 unspecified atom stereocenters. The summed E-state index contributed by atoms with van der Waals surface area (Å²) in [4.78, 5) is 40.9. The van der Waals surface area contributed by atoms with Gasteiger partial charge in [0, 0.05) is 34.9 Å². The van der Waals surface area contributed by atoms with Crippen LogP contribution in [-0.2, 0) is 21.9 Å². The molecule has 0 bridgehead atoms. The Balaban J connectivity index is 0.000000208. The summed E-state index contributed by atoms with van der Waals surface area (Å²) < 4.78 is 72.3. The summed E-state index contributed by atoms with van der Waals surface area (Å²) in [7, 11) is -2.12. The molecule has 0 radical (unpaired) electrons. The third-order valence-electron chi connectivity index (χ3n) is 7.55. The predicted octanol–water partition coefficient (Wildman–Crippen LogP) is 7.40. The summed E-state index contributed by atoms with van der Waals surface area (Å²) in [6, 6.07) is 9.73. The standard InChI is InChI=1S/C17H15BrClFN4O3.C17H14ClF2N3O3S/c1-24-8-21-16-13(24)7-10(17(26)23-27-5-4-25)15(14(16)20)22-12-3-2-9(18)6-11(12)19;1-2-5-27(25,26)23-13-4-3-12(19)14(15(13)20)16(24)11-8-22-17-10(11)6-9(18)7-21-17/h2-3,6-8,22,25H,4-5H2,1H3,(H,23,26);3-4,6-8,23H,2,5H2,1H3,(H,21,22). The quantitative estimate of drug-likeness (QED) is 0.0476. The average molecular weight is 872 g/mol. The van der Waals surface area contributed by atoms with Crippen LogP contribution in [0.4, 0.5) is 30.2 Å². The topological polar surface area (TPSA) is 180 Å². The van der Waals surface area contributed by atoms with Crippen molar-refractivity contribution in [2.75, 3.05) is 29.0 Å². The number of fused-ring (bicyclic) bond motifs is 2. The van der Waals surface area contributed by atoms with Crippen molar-refractivity contribution < 1.29 is 41.1 Å². The summed E-state index contributed by atoms with van der Waals surface area (Å²) in [5.41, 5.74) is 1.98. The number of aliphatic hydroxyl groups is 1. The zero-order valence-corrected chi connectivity index (χ0v) is 32.0. The highest BCUT2D eigenvalue weighted by Gasteiger charge is 2.26. The molecule has 6 rings (SSSR count). The molecular weight excluding hydrogens is 842 g/mol. The fraction of sp³-hybridized carbons (Fsp3) is 0.176. The van der Waals surface area contributed by atoms with Gasteiger partial charge in [-0.25, -0.2) is 37.0 Å². The number of aromatic amines is 1. The maximum atomic E-state index is 15.1. The van der Waals surface area contributed by atoms with Gasteiger partial charge in [-0.15, -0.1) is 0 Å². The zero-order valence-electron chi connectivity index (χ0n) is 28.1. The van der Waals surface area contributed by atoms with Crippen LogP contribution in [0.1, 0.15) is 39.6 Å². The summed E-state index contributed by atoms with van der Waals surface area (Å²) in [6.07, 6.45) is 4.39. The van der Waals surface area contributed by atoms with E-state index in [0.29, 0.717) is 33.7 Å². The number of hydrogen-bond donors (Lipinski definition) is 5. The lowest BCUT2D eigenvalue weighted by Gasteiger charge is -2.15. The number of H-pyrrole nitrogens is 1. The fourth-order valence-corrected chi connectivity index (χ4v) is 7.11. The third kappa shape index (κ3) is 8.97. The number of aryl methyl sites for hydroxylation is 1. The molecular formula is C34H29BrCl2F3N7O6S. The van der Waals surface area contributed by atoms with E-state index in [1.807, 2.05) is 4.72 Å². The first kappa shape index (κ1) is 40.5. The van der Waals surface area contributed by atoms with Crippen molar-refractivity contribution in [2.45, 2.75) is 13.3 Å². The van der Waals surface area contributed by atoms with E-state index in [2.05, 4.69) is 41.7 Å². The highest BCUT2D eigenvalue weighted by atomic mass is 79.9. The van der Waals surface area contributed by atoms with Crippen LogP contribution in [0, 0.1) is 17.5 Å². The molecule has 0 saturated carbocycles. The van der Waals surface area contributed by atoms with Crippen LogP contribution in [0.2, 0.25) is 10.0 Å². The zero-order chi connectivity index (χ0) is 39.3. The van der Waals surface area contributed by atoms with Crippen molar-refractivity contribution in [2.24, 2.45) is 7.05 Å². The number of ketones is 1. The number of pyridine rings is 1. The molecule has 0 spiro atoms. The molecule has 3 aromatic carbocycles. The van der Waals surface area contributed by atoms with Crippen molar-refractivity contribution >= 4 is 100.0 Å². The number of sulfonamides is 1. The van der Waals surface area contributed by atoms with E-state index in [0.717, 1.165) is 16.6 Å². The third-order valence-corrected chi connectivity index (χ3v) is 10.0. The van der Waals surface area contributed by atoms with Gasteiger partial charge in [0.1, 0.15) is 17.0 Å². The molecule has 1 amide bonds. The first-order chi connectivity index (χ1) is 25.6. The molecule has 6 aromatic rings.